The van der Waals surface area contributed by atoms with Crippen molar-refractivity contribution >= 4 is 0 Å². The number of nitrogens with zero attached hydrogens (tertiary/aromatic N) is 1. The first-order valence-corrected chi connectivity index (χ1v) is 7.48. The van der Waals surface area contributed by atoms with E-state index in [2.05, 4.69) is 87.0 Å². The molecule has 1 saturated heterocycles. The van der Waals surface area contributed by atoms with Gasteiger partial charge in [-0.1, -0.05) is 48.1 Å². The number of hydrogen-bond acceptors (Lipinski definition) is 1. The van der Waals surface area contributed by atoms with E-state index in [1.165, 1.54) is 6.54 Å². The van der Waals surface area contributed by atoms with Crippen molar-refractivity contribution in [3.05, 3.63) is 19.8 Å². The Morgan fingerprint density at radius 3 is 1.62 bits per heavy atom. The van der Waals surface area contributed by atoms with Crippen molar-refractivity contribution in [1.29, 1.82) is 0 Å². The quantitative estimate of drug-likeness (QED) is 0.366. The van der Waals surface area contributed by atoms with Gasteiger partial charge < -0.3 is 24.7 Å². The molecule has 126 valence electrons. The average molecular weight is 634 g/mol. The summed E-state index contributed by atoms with van der Waals surface area (Å²) < 4.78 is 0. The van der Waals surface area contributed by atoms with Crippen molar-refractivity contribution in [3.8, 4) is 0 Å². The van der Waals surface area contributed by atoms with Crippen LogP contribution in [0.5, 0.6) is 0 Å². The van der Waals surface area contributed by atoms with Crippen molar-refractivity contribution in [2.75, 3.05) is 13.1 Å². The van der Waals surface area contributed by atoms with E-state index in [1.54, 1.807) is 0 Å². The van der Waals surface area contributed by atoms with Crippen LogP contribution in [0.4, 0.5) is 0 Å². The van der Waals surface area contributed by atoms with Gasteiger partial charge in [-0.15, -0.1) is 6.54 Å². The molecule has 0 amide bonds. The average Bonchev–Trinajstić information content (AvgIpc) is 2.44. The Labute approximate surface area is 163 Å². The van der Waals surface area contributed by atoms with E-state index in [1.807, 2.05) is 0 Å². The molecular formula is C18H36NW2-. The number of hydrogen-bond donors (Lipinski definition) is 0. The van der Waals surface area contributed by atoms with E-state index in [0.29, 0.717) is 16.9 Å². The van der Waals surface area contributed by atoms with Gasteiger partial charge >= 0.3 is 21.1 Å². The molecular weight excluding hydrogens is 598 g/mol. The van der Waals surface area contributed by atoms with Crippen molar-refractivity contribution in [2.45, 2.75) is 67.9 Å². The summed E-state index contributed by atoms with van der Waals surface area (Å²) in [4.78, 5) is 2.54. The van der Waals surface area contributed by atoms with Crippen LogP contribution in [0.3, 0.4) is 0 Å². The van der Waals surface area contributed by atoms with Crippen molar-refractivity contribution in [2.24, 2.45) is 16.7 Å². The molecule has 1 fully saturated rings. The molecule has 0 spiro atoms. The minimum atomic E-state index is 0. The molecule has 1 unspecified atom stereocenters. The fourth-order valence-corrected chi connectivity index (χ4v) is 1.98. The Balaban J connectivity index is -0.000000405. The molecule has 0 radical (unpaired) electrons. The minimum Gasteiger partial charge on any atom is -0.348 e. The summed E-state index contributed by atoms with van der Waals surface area (Å²) in [6.07, 6.45) is 4.91. The van der Waals surface area contributed by atoms with Crippen LogP contribution in [0, 0.1) is 36.5 Å². The summed E-state index contributed by atoms with van der Waals surface area (Å²) >= 11 is 0. The van der Waals surface area contributed by atoms with Gasteiger partial charge in [-0.05, 0) is 20.8 Å². The van der Waals surface area contributed by atoms with Gasteiger partial charge in [0.05, 0.1) is 0 Å². The van der Waals surface area contributed by atoms with Crippen LogP contribution in [-0.2, 0) is 42.1 Å². The van der Waals surface area contributed by atoms with Crippen LogP contribution in [0.2, 0.25) is 0 Å². The zero-order chi connectivity index (χ0) is 15.5. The molecule has 0 bridgehead atoms. The van der Waals surface area contributed by atoms with E-state index in [9.17, 15) is 0 Å². The maximum Gasteiger partial charge on any atom is 2.00 e. The third-order valence-corrected chi connectivity index (χ3v) is 2.72. The molecule has 0 aromatic rings. The van der Waals surface area contributed by atoms with Crippen LogP contribution in [-0.4, -0.2) is 23.5 Å². The van der Waals surface area contributed by atoms with E-state index >= 15 is 0 Å². The monoisotopic (exact) mass is 634 g/mol. The molecule has 0 aromatic carbocycles. The summed E-state index contributed by atoms with van der Waals surface area (Å²) in [6, 6.07) is 0. The molecule has 0 N–H and O–H groups in total. The Kier molecular flexibility index (Phi) is 13.3. The van der Waals surface area contributed by atoms with E-state index in [0.717, 1.165) is 6.54 Å². The Hall–Kier alpha value is 1.34. The third-order valence-electron chi connectivity index (χ3n) is 2.72. The fourth-order valence-electron chi connectivity index (χ4n) is 1.98. The summed E-state index contributed by atoms with van der Waals surface area (Å²) in [7, 11) is 0. The molecule has 0 saturated carbocycles. The van der Waals surface area contributed by atoms with Crippen LogP contribution in [0.15, 0.2) is 0 Å². The molecule has 21 heavy (non-hydrogen) atoms. The molecule has 1 aliphatic heterocycles. The van der Waals surface area contributed by atoms with Gasteiger partial charge in [0.1, 0.15) is 0 Å². The smallest absolute Gasteiger partial charge is 0.348 e. The standard InChI is InChI=1S/C13H25N.C5H11.2W/c1-12(2,3)9-11-7-8-14(10-11)13(4,5)6;1-5(2,3)4;;/h7,9,11H,8,10H2,1-6H3;1H2,2-4H3;;/q-2;-1;;+2. The first-order chi connectivity index (χ1) is 8.18. The van der Waals surface area contributed by atoms with Crippen molar-refractivity contribution in [3.63, 3.8) is 0 Å². The van der Waals surface area contributed by atoms with Gasteiger partial charge in [-0.3, -0.25) is 5.92 Å². The normalized spacial score (nSPS) is 20.0. The summed E-state index contributed by atoms with van der Waals surface area (Å²) in [6.45, 7) is 26.0. The molecule has 1 rings (SSSR count). The van der Waals surface area contributed by atoms with Gasteiger partial charge in [-0.2, -0.15) is 10.8 Å². The van der Waals surface area contributed by atoms with E-state index in [4.69, 9.17) is 0 Å². The second-order valence-electron chi connectivity index (χ2n) is 9.07. The maximum atomic E-state index is 3.77. The summed E-state index contributed by atoms with van der Waals surface area (Å²) in [5.74, 6) is 0.675. The zero-order valence-corrected chi connectivity index (χ0v) is 21.5. The molecule has 1 nitrogen and oxygen atoms in total. The third kappa shape index (κ3) is 17.5. The maximum absolute atomic E-state index is 3.77. The van der Waals surface area contributed by atoms with Gasteiger partial charge in [-0.25, -0.2) is 0 Å². The Bertz CT molecular complexity index is 250. The number of likely N-dealkylation sites (tertiary alicyclic amines) is 1. The van der Waals surface area contributed by atoms with Crippen LogP contribution < -0.4 is 0 Å². The molecule has 1 heterocycles. The predicted molar refractivity (Wildman–Crippen MR) is 87.7 cm³/mol. The van der Waals surface area contributed by atoms with Crippen molar-refractivity contribution < 1.29 is 42.1 Å². The van der Waals surface area contributed by atoms with Crippen LogP contribution in [0.25, 0.3) is 0 Å². The molecule has 0 aromatic heterocycles. The van der Waals surface area contributed by atoms with Crippen molar-refractivity contribution in [1.82, 2.24) is 4.90 Å². The Morgan fingerprint density at radius 1 is 1.00 bits per heavy atom. The van der Waals surface area contributed by atoms with Gasteiger partial charge in [0, 0.05) is 26.6 Å². The summed E-state index contributed by atoms with van der Waals surface area (Å²) in [5, 5.41) is 0. The first-order valence-electron chi connectivity index (χ1n) is 7.48. The second kappa shape index (κ2) is 10.3. The van der Waals surface area contributed by atoms with Crippen LogP contribution >= 0.6 is 0 Å². The van der Waals surface area contributed by atoms with Gasteiger partial charge in [0.25, 0.3) is 0 Å². The predicted octanol–water partition coefficient (Wildman–Crippen LogP) is 5.03. The largest absolute Gasteiger partial charge is 2.00 e. The molecule has 0 aliphatic carbocycles. The van der Waals surface area contributed by atoms with Crippen LogP contribution in [0.1, 0.15) is 62.3 Å². The van der Waals surface area contributed by atoms with E-state index in [-0.39, 0.29) is 47.5 Å². The number of rotatable bonds is 1. The SMILES string of the molecule is CC(C)(C)[CH-]C1[CH-]CN(C(C)(C)C)C1.[CH2-]C(C)(C)C.[W+2].[W]. The van der Waals surface area contributed by atoms with E-state index < -0.39 is 0 Å². The first kappa shape index (κ1) is 27.2. The minimum absolute atomic E-state index is 0. The fraction of sp³-hybridized carbons (Fsp3) is 0.833. The van der Waals surface area contributed by atoms with Gasteiger partial charge in [0.2, 0.25) is 0 Å². The van der Waals surface area contributed by atoms with Gasteiger partial charge in [0.15, 0.2) is 0 Å². The topological polar surface area (TPSA) is 3.24 Å². The zero-order valence-electron chi connectivity index (χ0n) is 15.6. The molecule has 3 heteroatoms. The molecule has 1 atom stereocenters. The second-order valence-corrected chi connectivity index (χ2v) is 9.07. The Morgan fingerprint density at radius 2 is 1.38 bits per heavy atom. The summed E-state index contributed by atoms with van der Waals surface area (Å²) in [5.41, 5.74) is 0.909. The molecule has 1 aliphatic rings.